The Labute approximate surface area is 87.3 Å². The van der Waals surface area contributed by atoms with Crippen LogP contribution >= 0.6 is 12.2 Å². The molecular weight excluding hydrogens is 200 g/mol. The van der Waals surface area contributed by atoms with Crippen LogP contribution in [0.3, 0.4) is 0 Å². The van der Waals surface area contributed by atoms with Crippen LogP contribution in [0.5, 0.6) is 0 Å². The standard InChI is InChI=1S/C9H10N2O2S/c1-7(14)10(2)8-3-5-9(6-4-8)11(12)13/h3-6H,1-2H3. The molecule has 0 aromatic heterocycles. The lowest BCUT2D eigenvalue weighted by Crippen LogP contribution is -2.20. The summed E-state index contributed by atoms with van der Waals surface area (Å²) in [7, 11) is 1.82. The van der Waals surface area contributed by atoms with Gasteiger partial charge in [0, 0.05) is 24.9 Å². The summed E-state index contributed by atoms with van der Waals surface area (Å²) < 4.78 is 0. The number of thiocarbonyl (C=S) groups is 1. The summed E-state index contributed by atoms with van der Waals surface area (Å²) in [5, 5.41) is 10.4. The van der Waals surface area contributed by atoms with Gasteiger partial charge in [-0.15, -0.1) is 0 Å². The maximum absolute atomic E-state index is 10.4. The largest absolute Gasteiger partial charge is 0.339 e. The van der Waals surface area contributed by atoms with Crippen LogP contribution in [0.4, 0.5) is 11.4 Å². The first kappa shape index (κ1) is 10.6. The van der Waals surface area contributed by atoms with Gasteiger partial charge in [0.15, 0.2) is 0 Å². The van der Waals surface area contributed by atoms with Crippen molar-refractivity contribution < 1.29 is 4.92 Å². The third-order valence-corrected chi connectivity index (χ3v) is 2.19. The van der Waals surface area contributed by atoms with Gasteiger partial charge in [0.05, 0.1) is 9.91 Å². The fraction of sp³-hybridized carbons (Fsp3) is 0.222. The highest BCUT2D eigenvalue weighted by Crippen LogP contribution is 2.18. The van der Waals surface area contributed by atoms with Crippen molar-refractivity contribution in [3.63, 3.8) is 0 Å². The maximum Gasteiger partial charge on any atom is 0.269 e. The molecule has 0 atom stereocenters. The number of benzene rings is 1. The molecule has 1 aromatic rings. The Morgan fingerprint density at radius 3 is 2.29 bits per heavy atom. The van der Waals surface area contributed by atoms with Crippen molar-refractivity contribution in [1.29, 1.82) is 0 Å². The lowest BCUT2D eigenvalue weighted by Gasteiger charge is -2.16. The number of nitrogens with zero attached hydrogens (tertiary/aromatic N) is 2. The monoisotopic (exact) mass is 210 g/mol. The van der Waals surface area contributed by atoms with E-state index in [9.17, 15) is 10.1 Å². The molecule has 0 heterocycles. The highest BCUT2D eigenvalue weighted by Gasteiger charge is 2.06. The second-order valence-corrected chi connectivity index (χ2v) is 3.44. The summed E-state index contributed by atoms with van der Waals surface area (Å²) >= 11 is 4.98. The van der Waals surface area contributed by atoms with Gasteiger partial charge in [0.1, 0.15) is 0 Å². The van der Waals surface area contributed by atoms with Crippen LogP contribution < -0.4 is 4.90 Å². The van der Waals surface area contributed by atoms with E-state index in [-0.39, 0.29) is 5.69 Å². The predicted molar refractivity (Wildman–Crippen MR) is 59.8 cm³/mol. The van der Waals surface area contributed by atoms with E-state index in [4.69, 9.17) is 12.2 Å². The van der Waals surface area contributed by atoms with Gasteiger partial charge in [0.25, 0.3) is 5.69 Å². The zero-order valence-corrected chi connectivity index (χ0v) is 8.75. The van der Waals surface area contributed by atoms with Crippen molar-refractivity contribution in [3.8, 4) is 0 Å². The lowest BCUT2D eigenvalue weighted by atomic mass is 10.2. The maximum atomic E-state index is 10.4. The van der Waals surface area contributed by atoms with Crippen LogP contribution in [0.2, 0.25) is 0 Å². The first-order chi connectivity index (χ1) is 6.52. The Morgan fingerprint density at radius 2 is 1.93 bits per heavy atom. The topological polar surface area (TPSA) is 46.4 Å². The smallest absolute Gasteiger partial charge is 0.269 e. The average molecular weight is 210 g/mol. The number of nitro groups is 1. The molecule has 5 heteroatoms. The number of non-ortho nitro benzene ring substituents is 1. The minimum absolute atomic E-state index is 0.0872. The molecule has 74 valence electrons. The molecule has 0 aliphatic heterocycles. The third-order valence-electron chi connectivity index (χ3n) is 1.92. The van der Waals surface area contributed by atoms with E-state index in [1.165, 1.54) is 12.1 Å². The van der Waals surface area contributed by atoms with Gasteiger partial charge in [-0.25, -0.2) is 0 Å². The Morgan fingerprint density at radius 1 is 1.43 bits per heavy atom. The van der Waals surface area contributed by atoms with Gasteiger partial charge in [0.2, 0.25) is 0 Å². The van der Waals surface area contributed by atoms with Gasteiger partial charge in [-0.3, -0.25) is 10.1 Å². The Bertz CT molecular complexity index is 362. The molecule has 0 fully saturated rings. The summed E-state index contributed by atoms with van der Waals surface area (Å²) in [6.45, 7) is 1.80. The third kappa shape index (κ3) is 2.26. The van der Waals surface area contributed by atoms with E-state index in [1.807, 2.05) is 7.05 Å². The highest BCUT2D eigenvalue weighted by atomic mass is 32.1. The molecule has 0 bridgehead atoms. The fourth-order valence-corrected chi connectivity index (χ4v) is 1.09. The normalized spacial score (nSPS) is 9.57. The zero-order valence-electron chi connectivity index (χ0n) is 7.93. The highest BCUT2D eigenvalue weighted by molar-refractivity contribution is 7.80. The second-order valence-electron chi connectivity index (χ2n) is 2.85. The number of anilines is 1. The molecule has 0 unspecified atom stereocenters. The molecule has 0 aliphatic rings. The van der Waals surface area contributed by atoms with E-state index in [0.717, 1.165) is 10.7 Å². The fourth-order valence-electron chi connectivity index (χ4n) is 0.980. The number of rotatable bonds is 2. The van der Waals surface area contributed by atoms with Crippen molar-refractivity contribution in [3.05, 3.63) is 34.4 Å². The predicted octanol–water partition coefficient (Wildman–Crippen LogP) is 2.38. The Balaban J connectivity index is 2.94. The summed E-state index contributed by atoms with van der Waals surface area (Å²) in [5.41, 5.74) is 0.937. The summed E-state index contributed by atoms with van der Waals surface area (Å²) in [6.07, 6.45) is 0. The quantitative estimate of drug-likeness (QED) is 0.427. The van der Waals surface area contributed by atoms with E-state index in [0.29, 0.717) is 0 Å². The molecule has 0 aliphatic carbocycles. The molecule has 0 spiro atoms. The van der Waals surface area contributed by atoms with Crippen molar-refractivity contribution in [1.82, 2.24) is 0 Å². The van der Waals surface area contributed by atoms with Crippen LogP contribution in [-0.4, -0.2) is 17.0 Å². The van der Waals surface area contributed by atoms with Crippen molar-refractivity contribution >= 4 is 28.6 Å². The minimum Gasteiger partial charge on any atom is -0.339 e. The Kier molecular flexibility index (Phi) is 3.14. The van der Waals surface area contributed by atoms with E-state index in [1.54, 1.807) is 24.0 Å². The average Bonchev–Trinajstić information content (AvgIpc) is 2.16. The van der Waals surface area contributed by atoms with Crippen molar-refractivity contribution in [2.24, 2.45) is 0 Å². The number of nitro benzene ring substituents is 1. The summed E-state index contributed by atoms with van der Waals surface area (Å²) in [4.78, 5) is 12.5. The summed E-state index contributed by atoms with van der Waals surface area (Å²) in [5.74, 6) is 0. The van der Waals surface area contributed by atoms with Crippen LogP contribution in [0.15, 0.2) is 24.3 Å². The number of hydrogen-bond donors (Lipinski definition) is 0. The molecule has 0 N–H and O–H groups in total. The van der Waals surface area contributed by atoms with Crippen LogP contribution in [-0.2, 0) is 0 Å². The van der Waals surface area contributed by atoms with Crippen molar-refractivity contribution in [2.45, 2.75) is 6.92 Å². The van der Waals surface area contributed by atoms with Crippen molar-refractivity contribution in [2.75, 3.05) is 11.9 Å². The molecular formula is C9H10N2O2S. The molecule has 1 aromatic carbocycles. The van der Waals surface area contributed by atoms with Gasteiger partial charge in [-0.1, -0.05) is 12.2 Å². The first-order valence-corrected chi connectivity index (χ1v) is 4.42. The molecule has 0 saturated heterocycles. The minimum atomic E-state index is -0.423. The summed E-state index contributed by atoms with van der Waals surface area (Å²) in [6, 6.07) is 6.27. The molecule has 14 heavy (non-hydrogen) atoms. The molecule has 4 nitrogen and oxygen atoms in total. The van der Waals surface area contributed by atoms with E-state index in [2.05, 4.69) is 0 Å². The van der Waals surface area contributed by atoms with Gasteiger partial charge in [-0.05, 0) is 19.1 Å². The van der Waals surface area contributed by atoms with Gasteiger partial charge in [-0.2, -0.15) is 0 Å². The van der Waals surface area contributed by atoms with Gasteiger partial charge >= 0.3 is 0 Å². The molecule has 0 amide bonds. The number of hydrogen-bond acceptors (Lipinski definition) is 3. The molecule has 0 saturated carbocycles. The second kappa shape index (κ2) is 4.15. The van der Waals surface area contributed by atoms with E-state index < -0.39 is 4.92 Å². The Hall–Kier alpha value is -1.49. The van der Waals surface area contributed by atoms with Crippen LogP contribution in [0.25, 0.3) is 0 Å². The molecule has 0 radical (unpaired) electrons. The van der Waals surface area contributed by atoms with E-state index >= 15 is 0 Å². The van der Waals surface area contributed by atoms with Gasteiger partial charge < -0.3 is 4.90 Å². The van der Waals surface area contributed by atoms with Crippen LogP contribution in [0.1, 0.15) is 6.92 Å². The first-order valence-electron chi connectivity index (χ1n) is 4.01. The zero-order chi connectivity index (χ0) is 10.7. The lowest BCUT2D eigenvalue weighted by molar-refractivity contribution is -0.384. The van der Waals surface area contributed by atoms with Crippen LogP contribution in [0, 0.1) is 10.1 Å². The molecule has 1 rings (SSSR count). The SMILES string of the molecule is CC(=S)N(C)c1ccc([N+](=O)[O-])cc1.